The summed E-state index contributed by atoms with van der Waals surface area (Å²) in [5.41, 5.74) is 3.53. The van der Waals surface area contributed by atoms with E-state index in [4.69, 9.17) is 0 Å². The zero-order valence-electron chi connectivity index (χ0n) is 14.0. The van der Waals surface area contributed by atoms with E-state index in [2.05, 4.69) is 35.1 Å². The van der Waals surface area contributed by atoms with E-state index < -0.39 is 5.54 Å². The summed E-state index contributed by atoms with van der Waals surface area (Å²) < 4.78 is 0. The predicted molar refractivity (Wildman–Crippen MR) is 91.2 cm³/mol. The highest BCUT2D eigenvalue weighted by molar-refractivity contribution is 5.90. The number of amides is 1. The number of fused-ring (bicyclic) bond motifs is 1. The Balaban J connectivity index is 1.60. The fraction of sp³-hybridized carbons (Fsp3) is 0.222. The molecule has 1 fully saturated rings. The van der Waals surface area contributed by atoms with Crippen molar-refractivity contribution in [3.63, 3.8) is 0 Å². The van der Waals surface area contributed by atoms with E-state index in [9.17, 15) is 4.79 Å². The summed E-state index contributed by atoms with van der Waals surface area (Å²) in [6.07, 6.45) is 6.63. The zero-order chi connectivity index (χ0) is 17.7. The van der Waals surface area contributed by atoms with Crippen molar-refractivity contribution in [3.8, 4) is 22.6 Å². The first-order chi connectivity index (χ1) is 12.6. The van der Waals surface area contributed by atoms with Gasteiger partial charge in [0.25, 0.3) is 5.91 Å². The largest absolute Gasteiger partial charge is 0.328 e. The van der Waals surface area contributed by atoms with Crippen LogP contribution >= 0.6 is 0 Å². The Morgan fingerprint density at radius 2 is 2.12 bits per heavy atom. The molecule has 3 heterocycles. The molecule has 1 spiro atoms. The number of rotatable bonds is 2. The number of aromatic amines is 1. The summed E-state index contributed by atoms with van der Waals surface area (Å²) in [5.74, 6) is 0.469. The molecule has 1 atom stereocenters. The lowest BCUT2D eigenvalue weighted by Gasteiger charge is -2.34. The number of carbonyl (C=O) groups is 1. The molecule has 1 aliphatic heterocycles. The molecule has 26 heavy (non-hydrogen) atoms. The number of carbonyl (C=O) groups excluding carboxylic acids is 1. The molecule has 1 saturated carbocycles. The lowest BCUT2D eigenvalue weighted by atomic mass is 9.76. The lowest BCUT2D eigenvalue weighted by molar-refractivity contribution is -0.124. The summed E-state index contributed by atoms with van der Waals surface area (Å²) >= 11 is 0. The highest BCUT2D eigenvalue weighted by atomic mass is 16.2. The van der Waals surface area contributed by atoms with Crippen molar-refractivity contribution in [1.29, 1.82) is 0 Å². The third-order valence-corrected chi connectivity index (χ3v) is 4.82. The van der Waals surface area contributed by atoms with Crippen molar-refractivity contribution < 1.29 is 4.79 Å². The quantitative estimate of drug-likeness (QED) is 0.738. The Morgan fingerprint density at radius 3 is 2.81 bits per heavy atom. The lowest BCUT2D eigenvalue weighted by Crippen LogP contribution is -2.52. The maximum atomic E-state index is 12.1. The molecule has 1 radical (unpaired) electrons. The maximum Gasteiger partial charge on any atom is 0.276 e. The standard InChI is InChI=1S/C18H14N7O/c1-10-7-11(14-20-9-21-25-14)3-4-12(10)13-8-19-15-16(22-13)24-18(5-2-6-18)17(26)23-15/h3-5,7-9H,2,6H2,1H3,(H,20,21,25). The van der Waals surface area contributed by atoms with Gasteiger partial charge in [-0.05, 0) is 37.8 Å². The van der Waals surface area contributed by atoms with E-state index in [1.54, 1.807) is 12.5 Å². The molecule has 2 aromatic heterocycles. The molecule has 3 aromatic rings. The number of aryl methyl sites for hydroxylation is 1. The van der Waals surface area contributed by atoms with Gasteiger partial charge in [-0.3, -0.25) is 4.79 Å². The third-order valence-electron chi connectivity index (χ3n) is 4.82. The van der Waals surface area contributed by atoms with E-state index in [0.29, 0.717) is 28.9 Å². The number of H-pyrrole nitrogens is 1. The van der Waals surface area contributed by atoms with E-state index in [-0.39, 0.29) is 5.91 Å². The fourth-order valence-corrected chi connectivity index (χ4v) is 3.24. The molecule has 1 N–H and O–H groups in total. The van der Waals surface area contributed by atoms with Gasteiger partial charge in [0, 0.05) is 11.1 Å². The summed E-state index contributed by atoms with van der Waals surface area (Å²) in [7, 11) is 0. The Labute approximate surface area is 148 Å². The molecule has 0 saturated heterocycles. The van der Waals surface area contributed by atoms with Crippen LogP contribution in [-0.2, 0) is 4.79 Å². The minimum absolute atomic E-state index is 0.245. The molecule has 8 heteroatoms. The summed E-state index contributed by atoms with van der Waals surface area (Å²) in [5, 5.41) is 7.84. The van der Waals surface area contributed by atoms with Gasteiger partial charge in [0.1, 0.15) is 11.9 Å². The highest BCUT2D eigenvalue weighted by Crippen LogP contribution is 2.35. The van der Waals surface area contributed by atoms with Crippen LogP contribution in [0.25, 0.3) is 22.6 Å². The Bertz CT molecular complexity index is 1150. The summed E-state index contributed by atoms with van der Waals surface area (Å²) in [6, 6.07) is 5.94. The van der Waals surface area contributed by atoms with Crippen molar-refractivity contribution in [3.05, 3.63) is 53.7 Å². The van der Waals surface area contributed by atoms with Gasteiger partial charge in [-0.25, -0.2) is 15.0 Å². The van der Waals surface area contributed by atoms with Crippen LogP contribution in [0.5, 0.6) is 0 Å². The molecule has 1 unspecified atom stereocenters. The first-order valence-corrected chi connectivity index (χ1v) is 8.33. The molecule has 2 aliphatic rings. The van der Waals surface area contributed by atoms with Gasteiger partial charge in [-0.1, -0.05) is 12.1 Å². The van der Waals surface area contributed by atoms with Crippen molar-refractivity contribution in [1.82, 2.24) is 25.1 Å². The van der Waals surface area contributed by atoms with Gasteiger partial charge >= 0.3 is 0 Å². The molecular weight excluding hydrogens is 330 g/mol. The number of nitrogens with one attached hydrogen (secondary N) is 1. The third kappa shape index (κ3) is 2.18. The van der Waals surface area contributed by atoms with Crippen molar-refractivity contribution in [2.45, 2.75) is 25.3 Å². The molecule has 0 bridgehead atoms. The van der Waals surface area contributed by atoms with E-state index >= 15 is 0 Å². The van der Waals surface area contributed by atoms with Crippen LogP contribution in [0.3, 0.4) is 0 Å². The van der Waals surface area contributed by atoms with Crippen molar-refractivity contribution in [2.24, 2.45) is 9.98 Å². The van der Waals surface area contributed by atoms with Crippen LogP contribution in [0.2, 0.25) is 0 Å². The average Bonchev–Trinajstić information content (AvgIpc) is 3.14. The Hall–Kier alpha value is -3.29. The summed E-state index contributed by atoms with van der Waals surface area (Å²) in [4.78, 5) is 32.7. The second kappa shape index (κ2) is 5.35. The first kappa shape index (κ1) is 15.0. The minimum atomic E-state index is -0.814. The number of hydrogen-bond acceptors (Lipinski definition) is 6. The van der Waals surface area contributed by atoms with Crippen LogP contribution in [0.1, 0.15) is 18.4 Å². The molecule has 1 aromatic carbocycles. The van der Waals surface area contributed by atoms with Crippen LogP contribution < -0.4 is 11.0 Å². The molecule has 127 valence electrons. The van der Waals surface area contributed by atoms with Gasteiger partial charge < -0.3 is 4.98 Å². The Morgan fingerprint density at radius 1 is 1.23 bits per heavy atom. The van der Waals surface area contributed by atoms with Crippen LogP contribution in [0, 0.1) is 13.3 Å². The summed E-state index contributed by atoms with van der Waals surface area (Å²) in [6.45, 7) is 2.00. The van der Waals surface area contributed by atoms with Gasteiger partial charge in [0.15, 0.2) is 11.3 Å². The van der Waals surface area contributed by atoms with Crippen molar-refractivity contribution >= 4 is 5.91 Å². The zero-order valence-corrected chi connectivity index (χ0v) is 14.0. The first-order valence-electron chi connectivity index (χ1n) is 8.33. The van der Waals surface area contributed by atoms with Gasteiger partial charge in [0.2, 0.25) is 5.49 Å². The SMILES string of the molecule is Cc1cc(-c2nnc[nH]2)ccc1-c1cnc2c(n1)=NC1([CH]CC1)C(=O)N=2. The minimum Gasteiger partial charge on any atom is -0.328 e. The van der Waals surface area contributed by atoms with Crippen molar-refractivity contribution in [2.75, 3.05) is 0 Å². The molecule has 1 aliphatic carbocycles. The maximum absolute atomic E-state index is 12.1. The number of hydrogen-bond donors (Lipinski definition) is 1. The molecular formula is C18H14N7O. The van der Waals surface area contributed by atoms with E-state index in [1.165, 1.54) is 0 Å². The van der Waals surface area contributed by atoms with E-state index in [1.807, 2.05) is 31.5 Å². The van der Waals surface area contributed by atoms with Gasteiger partial charge in [-0.2, -0.15) is 4.99 Å². The number of aromatic nitrogens is 5. The normalized spacial score (nSPS) is 17.2. The van der Waals surface area contributed by atoms with Crippen LogP contribution in [0.15, 0.2) is 40.7 Å². The number of nitrogens with zero attached hydrogens (tertiary/aromatic N) is 6. The second-order valence-electron chi connectivity index (χ2n) is 6.47. The Kier molecular flexibility index (Phi) is 3.09. The molecule has 1 amide bonds. The van der Waals surface area contributed by atoms with Gasteiger partial charge in [0.05, 0.1) is 11.9 Å². The van der Waals surface area contributed by atoms with E-state index in [0.717, 1.165) is 23.1 Å². The van der Waals surface area contributed by atoms with Crippen LogP contribution in [0.4, 0.5) is 0 Å². The molecule has 8 nitrogen and oxygen atoms in total. The smallest absolute Gasteiger partial charge is 0.276 e. The van der Waals surface area contributed by atoms with Crippen LogP contribution in [-0.4, -0.2) is 36.6 Å². The monoisotopic (exact) mass is 344 g/mol. The highest BCUT2D eigenvalue weighted by Gasteiger charge is 2.46. The van der Waals surface area contributed by atoms with Gasteiger partial charge in [-0.15, -0.1) is 10.2 Å². The predicted octanol–water partition coefficient (Wildman–Crippen LogP) is 0.753. The molecule has 5 rings (SSSR count). The topological polar surface area (TPSA) is 109 Å². The fourth-order valence-electron chi connectivity index (χ4n) is 3.24. The number of benzene rings is 1. The second-order valence-corrected chi connectivity index (χ2v) is 6.47. The average molecular weight is 344 g/mol.